The number of benzene rings is 2. The monoisotopic (exact) mass is 369 g/mol. The average molecular weight is 369 g/mol. The number of methoxy groups -OCH3 is 1. The smallest absolute Gasteiger partial charge is 0.238 e. The normalized spacial score (nSPS) is 11.7. The first-order valence-corrected chi connectivity index (χ1v) is 8.86. The number of hydrogen-bond donors (Lipinski definition) is 2. The van der Waals surface area contributed by atoms with Gasteiger partial charge in [0.1, 0.15) is 5.75 Å². The highest BCUT2D eigenvalue weighted by molar-refractivity contribution is 5.92. The van der Waals surface area contributed by atoms with E-state index in [1.165, 1.54) is 0 Å². The molecule has 0 spiro atoms. The number of likely N-dealkylation sites (N-methyl/N-ethyl adjacent to an activating group) is 1. The van der Waals surface area contributed by atoms with Gasteiger partial charge in [-0.1, -0.05) is 29.8 Å². The van der Waals surface area contributed by atoms with E-state index in [4.69, 9.17) is 4.74 Å². The molecule has 2 aromatic rings. The van der Waals surface area contributed by atoms with Crippen LogP contribution >= 0.6 is 0 Å². The average Bonchev–Trinajstić information content (AvgIpc) is 2.67. The second-order valence-electron chi connectivity index (χ2n) is 6.57. The zero-order valence-electron chi connectivity index (χ0n) is 16.3. The molecule has 1 atom stereocenters. The Morgan fingerprint density at radius 2 is 1.70 bits per heavy atom. The van der Waals surface area contributed by atoms with Crippen LogP contribution in [0.15, 0.2) is 48.5 Å². The second-order valence-corrected chi connectivity index (χ2v) is 6.57. The van der Waals surface area contributed by atoms with Gasteiger partial charge in [-0.15, -0.1) is 0 Å². The summed E-state index contributed by atoms with van der Waals surface area (Å²) >= 11 is 0. The fourth-order valence-electron chi connectivity index (χ4n) is 2.48. The largest absolute Gasteiger partial charge is 0.497 e. The number of nitrogens with one attached hydrogen (secondary N) is 2. The van der Waals surface area contributed by atoms with Gasteiger partial charge in [0.15, 0.2) is 0 Å². The SMILES string of the molecule is COc1ccc(CNC(=O)[C@@H](C)N(C)CC(=O)Nc2ccc(C)cc2)cc1. The molecule has 0 bridgehead atoms. The summed E-state index contributed by atoms with van der Waals surface area (Å²) < 4.78 is 5.12. The maximum Gasteiger partial charge on any atom is 0.238 e. The van der Waals surface area contributed by atoms with Gasteiger partial charge in [0.05, 0.1) is 19.7 Å². The van der Waals surface area contributed by atoms with Crippen molar-refractivity contribution in [2.45, 2.75) is 26.4 Å². The van der Waals surface area contributed by atoms with Crippen LogP contribution in [0.1, 0.15) is 18.1 Å². The van der Waals surface area contributed by atoms with Crippen LogP contribution in [0.2, 0.25) is 0 Å². The van der Waals surface area contributed by atoms with Crippen molar-refractivity contribution in [3.05, 3.63) is 59.7 Å². The van der Waals surface area contributed by atoms with Crippen molar-refractivity contribution in [2.24, 2.45) is 0 Å². The van der Waals surface area contributed by atoms with Crippen molar-refractivity contribution in [1.29, 1.82) is 0 Å². The van der Waals surface area contributed by atoms with Crippen LogP contribution in [0, 0.1) is 6.92 Å². The zero-order valence-corrected chi connectivity index (χ0v) is 16.3. The number of aryl methyl sites for hydroxylation is 1. The highest BCUT2D eigenvalue weighted by Crippen LogP contribution is 2.11. The van der Waals surface area contributed by atoms with Gasteiger partial charge in [-0.2, -0.15) is 0 Å². The van der Waals surface area contributed by atoms with E-state index in [2.05, 4.69) is 10.6 Å². The lowest BCUT2D eigenvalue weighted by atomic mass is 10.2. The van der Waals surface area contributed by atoms with E-state index in [-0.39, 0.29) is 18.4 Å². The van der Waals surface area contributed by atoms with Gasteiger partial charge in [0, 0.05) is 12.2 Å². The first-order chi connectivity index (χ1) is 12.9. The maximum absolute atomic E-state index is 12.3. The molecule has 2 amide bonds. The van der Waals surface area contributed by atoms with Crippen LogP contribution in [0.3, 0.4) is 0 Å². The second kappa shape index (κ2) is 9.73. The number of amides is 2. The van der Waals surface area contributed by atoms with Crippen molar-refractivity contribution in [3.63, 3.8) is 0 Å². The molecular weight excluding hydrogens is 342 g/mol. The summed E-state index contributed by atoms with van der Waals surface area (Å²) in [7, 11) is 3.37. The summed E-state index contributed by atoms with van der Waals surface area (Å²) in [5.74, 6) is 0.491. The van der Waals surface area contributed by atoms with Gasteiger partial charge >= 0.3 is 0 Å². The molecule has 2 aromatic carbocycles. The molecule has 0 heterocycles. The lowest BCUT2D eigenvalue weighted by Gasteiger charge is -2.23. The lowest BCUT2D eigenvalue weighted by molar-refractivity contribution is -0.126. The van der Waals surface area contributed by atoms with Gasteiger partial charge in [-0.3, -0.25) is 14.5 Å². The van der Waals surface area contributed by atoms with Crippen LogP contribution in [0.25, 0.3) is 0 Å². The van der Waals surface area contributed by atoms with Crippen LogP contribution in [-0.2, 0) is 16.1 Å². The van der Waals surface area contributed by atoms with E-state index in [1.807, 2.05) is 55.5 Å². The van der Waals surface area contributed by atoms with Gasteiger partial charge in [0.2, 0.25) is 11.8 Å². The van der Waals surface area contributed by atoms with E-state index in [1.54, 1.807) is 26.0 Å². The van der Waals surface area contributed by atoms with E-state index in [9.17, 15) is 9.59 Å². The molecule has 0 aliphatic heterocycles. The summed E-state index contributed by atoms with van der Waals surface area (Å²) in [6.07, 6.45) is 0. The predicted octanol–water partition coefficient (Wildman–Crippen LogP) is 2.58. The number of carbonyl (C=O) groups excluding carboxylic acids is 2. The summed E-state index contributed by atoms with van der Waals surface area (Å²) in [6.45, 7) is 4.33. The molecule has 0 saturated heterocycles. The number of nitrogens with zero attached hydrogens (tertiary/aromatic N) is 1. The van der Waals surface area contributed by atoms with E-state index >= 15 is 0 Å². The molecule has 0 aliphatic rings. The number of hydrogen-bond acceptors (Lipinski definition) is 4. The molecule has 0 aliphatic carbocycles. The van der Waals surface area contributed by atoms with Crippen molar-refractivity contribution in [2.75, 3.05) is 26.0 Å². The standard InChI is InChI=1S/C21H27N3O3/c1-15-5-9-18(10-6-15)23-20(25)14-24(3)16(2)21(26)22-13-17-7-11-19(27-4)12-8-17/h5-12,16H,13-14H2,1-4H3,(H,22,26)(H,23,25)/t16-/m1/s1. The van der Waals surface area contributed by atoms with Crippen molar-refractivity contribution in [1.82, 2.24) is 10.2 Å². The van der Waals surface area contributed by atoms with Crippen LogP contribution < -0.4 is 15.4 Å². The van der Waals surface area contributed by atoms with Crippen molar-refractivity contribution >= 4 is 17.5 Å². The highest BCUT2D eigenvalue weighted by Gasteiger charge is 2.20. The zero-order chi connectivity index (χ0) is 19.8. The molecule has 0 unspecified atom stereocenters. The number of ether oxygens (including phenoxy) is 1. The van der Waals surface area contributed by atoms with Crippen LogP contribution in [-0.4, -0.2) is 43.5 Å². The first-order valence-electron chi connectivity index (χ1n) is 8.86. The summed E-state index contributed by atoms with van der Waals surface area (Å²) in [5, 5.41) is 5.73. The Hall–Kier alpha value is -2.86. The number of carbonyl (C=O) groups is 2. The molecular formula is C21H27N3O3. The first kappa shape index (κ1) is 20.5. The minimum atomic E-state index is -0.424. The molecule has 144 valence electrons. The Morgan fingerprint density at radius 1 is 1.07 bits per heavy atom. The Bertz CT molecular complexity index is 757. The molecule has 0 saturated carbocycles. The molecule has 0 radical (unpaired) electrons. The van der Waals surface area contributed by atoms with Crippen LogP contribution in [0.5, 0.6) is 5.75 Å². The third kappa shape index (κ3) is 6.42. The van der Waals surface area contributed by atoms with E-state index < -0.39 is 6.04 Å². The Balaban J connectivity index is 1.80. The predicted molar refractivity (Wildman–Crippen MR) is 107 cm³/mol. The minimum Gasteiger partial charge on any atom is -0.497 e. The van der Waals surface area contributed by atoms with E-state index in [0.29, 0.717) is 6.54 Å². The molecule has 0 fully saturated rings. The number of anilines is 1. The molecule has 0 aromatic heterocycles. The van der Waals surface area contributed by atoms with Crippen LogP contribution in [0.4, 0.5) is 5.69 Å². The van der Waals surface area contributed by atoms with E-state index in [0.717, 1.165) is 22.6 Å². The Labute approximate surface area is 160 Å². The quantitative estimate of drug-likeness (QED) is 0.750. The topological polar surface area (TPSA) is 70.7 Å². The minimum absolute atomic E-state index is 0.128. The van der Waals surface area contributed by atoms with Crippen molar-refractivity contribution in [3.8, 4) is 5.75 Å². The number of rotatable bonds is 8. The van der Waals surface area contributed by atoms with Gasteiger partial charge in [-0.25, -0.2) is 0 Å². The summed E-state index contributed by atoms with van der Waals surface area (Å²) in [5.41, 5.74) is 2.86. The highest BCUT2D eigenvalue weighted by atomic mass is 16.5. The molecule has 6 heteroatoms. The maximum atomic E-state index is 12.3. The third-order valence-corrected chi connectivity index (χ3v) is 4.39. The van der Waals surface area contributed by atoms with Gasteiger partial charge in [-0.05, 0) is 50.7 Å². The lowest BCUT2D eigenvalue weighted by Crippen LogP contribution is -2.45. The van der Waals surface area contributed by atoms with Gasteiger partial charge < -0.3 is 15.4 Å². The third-order valence-electron chi connectivity index (χ3n) is 4.39. The fourth-order valence-corrected chi connectivity index (χ4v) is 2.48. The molecule has 2 rings (SSSR count). The van der Waals surface area contributed by atoms with Crippen molar-refractivity contribution < 1.29 is 14.3 Å². The summed E-state index contributed by atoms with van der Waals surface area (Å²) in [4.78, 5) is 26.2. The Kier molecular flexibility index (Phi) is 7.37. The van der Waals surface area contributed by atoms with Gasteiger partial charge in [0.25, 0.3) is 0 Å². The molecule has 27 heavy (non-hydrogen) atoms. The summed E-state index contributed by atoms with van der Waals surface area (Å²) in [6, 6.07) is 14.7. The Morgan fingerprint density at radius 3 is 2.30 bits per heavy atom. The molecule has 6 nitrogen and oxygen atoms in total. The fraction of sp³-hybridized carbons (Fsp3) is 0.333. The molecule has 2 N–H and O–H groups in total.